The summed E-state index contributed by atoms with van der Waals surface area (Å²) in [5.41, 5.74) is 9.45. The lowest BCUT2D eigenvalue weighted by Gasteiger charge is -2.10. The lowest BCUT2D eigenvalue weighted by Crippen LogP contribution is -2.11. The molecule has 26 heavy (non-hydrogen) atoms. The Morgan fingerprint density at radius 1 is 1.00 bits per heavy atom. The minimum atomic E-state index is -0.488. The minimum absolute atomic E-state index is 0.414. The van der Waals surface area contributed by atoms with Crippen LogP contribution in [0.25, 0.3) is 22.4 Å². The van der Waals surface area contributed by atoms with E-state index in [9.17, 15) is 4.79 Å². The Morgan fingerprint density at radius 2 is 1.77 bits per heavy atom. The number of nitrogens with two attached hydrogens (primary N) is 1. The van der Waals surface area contributed by atoms with Crippen molar-refractivity contribution in [1.82, 2.24) is 9.55 Å². The molecule has 1 heterocycles. The number of amides is 1. The molecule has 0 aliphatic rings. The largest absolute Gasteiger partial charge is 0.366 e. The minimum Gasteiger partial charge on any atom is -0.366 e. The Balaban J connectivity index is 1.98. The number of carbonyl (C=O) groups is 1. The van der Waals surface area contributed by atoms with Crippen LogP contribution in [0.4, 0.5) is 0 Å². The Morgan fingerprint density at radius 3 is 2.50 bits per heavy atom. The zero-order valence-corrected chi connectivity index (χ0v) is 14.6. The molecular formula is C21H16ClN3O. The van der Waals surface area contributed by atoms with E-state index in [0.29, 0.717) is 22.6 Å². The third-order valence-electron chi connectivity index (χ3n) is 4.31. The van der Waals surface area contributed by atoms with Gasteiger partial charge in [-0.05, 0) is 29.8 Å². The van der Waals surface area contributed by atoms with Gasteiger partial charge >= 0.3 is 0 Å². The molecule has 4 nitrogen and oxygen atoms in total. The van der Waals surface area contributed by atoms with Gasteiger partial charge in [-0.1, -0.05) is 60.1 Å². The maximum absolute atomic E-state index is 11.8. The highest BCUT2D eigenvalue weighted by molar-refractivity contribution is 6.30. The van der Waals surface area contributed by atoms with Gasteiger partial charge in [0.2, 0.25) is 0 Å². The molecule has 0 fully saturated rings. The van der Waals surface area contributed by atoms with E-state index >= 15 is 0 Å². The maximum Gasteiger partial charge on any atom is 0.250 e. The Kier molecular flexibility index (Phi) is 4.19. The van der Waals surface area contributed by atoms with Gasteiger partial charge < -0.3 is 10.3 Å². The van der Waals surface area contributed by atoms with Crippen LogP contribution in [-0.4, -0.2) is 15.5 Å². The number of aromatic nitrogens is 2. The van der Waals surface area contributed by atoms with Crippen molar-refractivity contribution >= 4 is 28.5 Å². The fourth-order valence-corrected chi connectivity index (χ4v) is 3.31. The van der Waals surface area contributed by atoms with E-state index < -0.39 is 5.91 Å². The molecule has 0 saturated heterocycles. The third kappa shape index (κ3) is 2.95. The van der Waals surface area contributed by atoms with Crippen molar-refractivity contribution < 1.29 is 4.79 Å². The van der Waals surface area contributed by atoms with Crippen LogP contribution >= 0.6 is 11.6 Å². The summed E-state index contributed by atoms with van der Waals surface area (Å²) in [7, 11) is 0. The van der Waals surface area contributed by atoms with E-state index in [1.165, 1.54) is 0 Å². The average molecular weight is 362 g/mol. The Hall–Kier alpha value is -3.11. The van der Waals surface area contributed by atoms with Crippen LogP contribution in [0.15, 0.2) is 72.8 Å². The highest BCUT2D eigenvalue weighted by atomic mass is 35.5. The first-order valence-electron chi connectivity index (χ1n) is 8.22. The molecule has 0 radical (unpaired) electrons. The van der Waals surface area contributed by atoms with Crippen molar-refractivity contribution in [2.75, 3.05) is 0 Å². The first-order chi connectivity index (χ1) is 12.6. The summed E-state index contributed by atoms with van der Waals surface area (Å²) in [6.07, 6.45) is 0. The van der Waals surface area contributed by atoms with Gasteiger partial charge in [-0.2, -0.15) is 0 Å². The van der Waals surface area contributed by atoms with E-state index in [4.69, 9.17) is 22.3 Å². The lowest BCUT2D eigenvalue weighted by atomic mass is 10.1. The number of carbonyl (C=O) groups excluding carboxylic acids is 1. The van der Waals surface area contributed by atoms with Crippen LogP contribution in [0.2, 0.25) is 5.02 Å². The van der Waals surface area contributed by atoms with Crippen molar-refractivity contribution in [2.24, 2.45) is 5.73 Å². The normalized spacial score (nSPS) is 11.0. The van der Waals surface area contributed by atoms with Gasteiger partial charge in [0.05, 0.1) is 11.1 Å². The number of hydrogen-bond donors (Lipinski definition) is 1. The number of benzene rings is 3. The molecule has 0 atom stereocenters. The van der Waals surface area contributed by atoms with Crippen molar-refractivity contribution in [3.63, 3.8) is 0 Å². The SMILES string of the molecule is NC(=O)c1cccc2c1nc(-c1cccc(Cl)c1)n2Cc1ccccc1. The number of fused-ring (bicyclic) bond motifs is 1. The smallest absolute Gasteiger partial charge is 0.250 e. The molecule has 0 spiro atoms. The van der Waals surface area contributed by atoms with Crippen molar-refractivity contribution in [3.8, 4) is 11.4 Å². The number of para-hydroxylation sites is 1. The van der Waals surface area contributed by atoms with Gasteiger partial charge in [-0.3, -0.25) is 4.79 Å². The molecule has 0 aliphatic heterocycles. The van der Waals surface area contributed by atoms with E-state index in [1.54, 1.807) is 6.07 Å². The van der Waals surface area contributed by atoms with Crippen LogP contribution in [0.1, 0.15) is 15.9 Å². The van der Waals surface area contributed by atoms with Crippen molar-refractivity contribution in [2.45, 2.75) is 6.54 Å². The number of rotatable bonds is 4. The average Bonchev–Trinajstić information content (AvgIpc) is 3.01. The summed E-state index contributed by atoms with van der Waals surface area (Å²) in [5, 5.41) is 0.635. The molecule has 3 aromatic carbocycles. The van der Waals surface area contributed by atoms with Crippen LogP contribution < -0.4 is 5.73 Å². The molecule has 5 heteroatoms. The summed E-state index contributed by atoms with van der Waals surface area (Å²) in [4.78, 5) is 16.6. The lowest BCUT2D eigenvalue weighted by molar-refractivity contribution is 0.100. The Bertz CT molecular complexity index is 1100. The number of halogens is 1. The standard InChI is InChI=1S/C21H16ClN3O/c22-16-9-4-8-15(12-16)21-24-19-17(20(23)26)10-5-11-18(19)25(21)13-14-6-2-1-3-7-14/h1-12H,13H2,(H2,23,26). The van der Waals surface area contributed by atoms with Crippen LogP contribution in [0.5, 0.6) is 0 Å². The van der Waals surface area contributed by atoms with Crippen molar-refractivity contribution in [1.29, 1.82) is 0 Å². The second-order valence-corrected chi connectivity index (χ2v) is 6.49. The van der Waals surface area contributed by atoms with E-state index in [1.807, 2.05) is 54.6 Å². The molecule has 4 aromatic rings. The molecule has 128 valence electrons. The van der Waals surface area contributed by atoms with Crippen molar-refractivity contribution in [3.05, 3.63) is 88.9 Å². The number of imidazole rings is 1. The van der Waals surface area contributed by atoms with Crippen LogP contribution in [0, 0.1) is 0 Å². The topological polar surface area (TPSA) is 60.9 Å². The summed E-state index contributed by atoms with van der Waals surface area (Å²) < 4.78 is 2.09. The first-order valence-corrected chi connectivity index (χ1v) is 8.60. The van der Waals surface area contributed by atoms with Gasteiger partial charge in [-0.15, -0.1) is 0 Å². The summed E-state index contributed by atoms with van der Waals surface area (Å²) in [6.45, 7) is 0.626. The molecule has 0 unspecified atom stereocenters. The van der Waals surface area contributed by atoms with E-state index in [-0.39, 0.29) is 0 Å². The van der Waals surface area contributed by atoms with Gasteiger partial charge in [0, 0.05) is 17.1 Å². The fourth-order valence-electron chi connectivity index (χ4n) is 3.12. The zero-order valence-electron chi connectivity index (χ0n) is 13.9. The maximum atomic E-state index is 11.8. The number of nitrogens with zero attached hydrogens (tertiary/aromatic N) is 2. The summed E-state index contributed by atoms with van der Waals surface area (Å²) in [5.74, 6) is 0.262. The number of primary amides is 1. The molecule has 1 amide bonds. The third-order valence-corrected chi connectivity index (χ3v) is 4.55. The number of hydrogen-bond acceptors (Lipinski definition) is 2. The second kappa shape index (κ2) is 6.65. The second-order valence-electron chi connectivity index (χ2n) is 6.06. The van der Waals surface area contributed by atoms with Gasteiger partial charge in [0.1, 0.15) is 11.3 Å². The molecule has 0 saturated carbocycles. The van der Waals surface area contributed by atoms with Gasteiger partial charge in [0.15, 0.2) is 0 Å². The first kappa shape index (κ1) is 16.4. The predicted octanol–water partition coefficient (Wildman–Crippen LogP) is 4.50. The zero-order chi connectivity index (χ0) is 18.1. The fraction of sp³-hybridized carbons (Fsp3) is 0.0476. The highest BCUT2D eigenvalue weighted by Crippen LogP contribution is 2.29. The molecule has 0 aliphatic carbocycles. The van der Waals surface area contributed by atoms with Gasteiger partial charge in [-0.25, -0.2) is 4.98 Å². The van der Waals surface area contributed by atoms with Crippen LogP contribution in [0.3, 0.4) is 0 Å². The molecule has 2 N–H and O–H groups in total. The molecule has 4 rings (SSSR count). The summed E-state index contributed by atoms with van der Waals surface area (Å²) >= 11 is 6.18. The van der Waals surface area contributed by atoms with E-state index in [0.717, 1.165) is 22.5 Å². The predicted molar refractivity (Wildman–Crippen MR) is 104 cm³/mol. The van der Waals surface area contributed by atoms with Gasteiger partial charge in [0.25, 0.3) is 5.91 Å². The Labute approximate surface area is 155 Å². The molecule has 1 aromatic heterocycles. The molecular weight excluding hydrogens is 346 g/mol. The summed E-state index contributed by atoms with van der Waals surface area (Å²) in [6, 6.07) is 23.1. The molecule has 0 bridgehead atoms. The van der Waals surface area contributed by atoms with Crippen LogP contribution in [-0.2, 0) is 6.54 Å². The van der Waals surface area contributed by atoms with E-state index in [2.05, 4.69) is 16.7 Å². The highest BCUT2D eigenvalue weighted by Gasteiger charge is 2.17. The quantitative estimate of drug-likeness (QED) is 0.581. The monoisotopic (exact) mass is 361 g/mol.